The number of carboxylic acids is 2. The van der Waals surface area contributed by atoms with Crippen LogP contribution in [0, 0.1) is 0 Å². The van der Waals surface area contributed by atoms with Crippen molar-refractivity contribution in [3.63, 3.8) is 0 Å². The molecule has 0 heterocycles. The average molecular weight is 498 g/mol. The Labute approximate surface area is 215 Å². The van der Waals surface area contributed by atoms with Crippen LogP contribution in [0.4, 0.5) is 0 Å². The maximum atomic E-state index is 12.3. The molecule has 6 nitrogen and oxygen atoms in total. The van der Waals surface area contributed by atoms with Gasteiger partial charge in [0.2, 0.25) is 5.91 Å². The Bertz CT molecular complexity index is 531. The van der Waals surface area contributed by atoms with Crippen molar-refractivity contribution in [3.8, 4) is 0 Å². The van der Waals surface area contributed by atoms with E-state index in [9.17, 15) is 14.4 Å². The van der Waals surface area contributed by atoms with Crippen LogP contribution in [0.1, 0.15) is 162 Å². The molecule has 0 aliphatic rings. The van der Waals surface area contributed by atoms with E-state index in [0.717, 1.165) is 19.3 Å². The first-order valence-corrected chi connectivity index (χ1v) is 14.5. The van der Waals surface area contributed by atoms with Crippen molar-refractivity contribution in [2.45, 2.75) is 167 Å². The van der Waals surface area contributed by atoms with E-state index in [1.54, 1.807) is 6.92 Å². The highest BCUT2D eigenvalue weighted by Crippen LogP contribution is 2.20. The normalized spacial score (nSPS) is 11.5. The van der Waals surface area contributed by atoms with E-state index < -0.39 is 17.5 Å². The molecule has 0 radical (unpaired) electrons. The van der Waals surface area contributed by atoms with Crippen molar-refractivity contribution in [3.05, 3.63) is 0 Å². The van der Waals surface area contributed by atoms with Gasteiger partial charge in [0, 0.05) is 24.8 Å². The predicted octanol–water partition coefficient (Wildman–Crippen LogP) is 8.02. The Morgan fingerprint density at radius 3 is 1.17 bits per heavy atom. The molecule has 3 N–H and O–H groups in total. The van der Waals surface area contributed by atoms with Crippen molar-refractivity contribution in [2.24, 2.45) is 0 Å². The summed E-state index contributed by atoms with van der Waals surface area (Å²) in [4.78, 5) is 34.1. The van der Waals surface area contributed by atoms with E-state index in [0.29, 0.717) is 6.42 Å². The van der Waals surface area contributed by atoms with Crippen molar-refractivity contribution in [1.29, 1.82) is 0 Å². The van der Waals surface area contributed by atoms with Gasteiger partial charge in [0.05, 0.1) is 0 Å². The largest absolute Gasteiger partial charge is 0.481 e. The lowest BCUT2D eigenvalue weighted by Crippen LogP contribution is -2.46. The minimum atomic E-state index is -0.940. The summed E-state index contributed by atoms with van der Waals surface area (Å²) in [5.74, 6) is -1.99. The zero-order chi connectivity index (χ0) is 26.2. The van der Waals surface area contributed by atoms with E-state index in [-0.39, 0.29) is 31.6 Å². The lowest BCUT2D eigenvalue weighted by atomic mass is 9.90. The minimum Gasteiger partial charge on any atom is -0.481 e. The summed E-state index contributed by atoms with van der Waals surface area (Å²) in [5.41, 5.74) is -0.790. The third-order valence-corrected chi connectivity index (χ3v) is 6.98. The van der Waals surface area contributed by atoms with Gasteiger partial charge in [0.15, 0.2) is 0 Å². The molecular formula is C29H55NO5. The Hall–Kier alpha value is -1.59. The Balaban J connectivity index is 3.62. The van der Waals surface area contributed by atoms with Crippen molar-refractivity contribution >= 4 is 17.8 Å². The Morgan fingerprint density at radius 2 is 0.857 bits per heavy atom. The van der Waals surface area contributed by atoms with Gasteiger partial charge in [0.1, 0.15) is 0 Å². The molecule has 1 amide bonds. The molecule has 0 saturated heterocycles. The Kier molecular flexibility index (Phi) is 21.8. The number of aliphatic carboxylic acids is 2. The van der Waals surface area contributed by atoms with Gasteiger partial charge < -0.3 is 15.5 Å². The summed E-state index contributed by atoms with van der Waals surface area (Å²) in [6.07, 6.45) is 24.2. The maximum Gasteiger partial charge on any atom is 0.303 e. The highest BCUT2D eigenvalue weighted by Gasteiger charge is 2.27. The smallest absolute Gasteiger partial charge is 0.303 e. The summed E-state index contributed by atoms with van der Waals surface area (Å²) < 4.78 is 0. The summed E-state index contributed by atoms with van der Waals surface area (Å²) >= 11 is 0. The number of carboxylic acid groups (broad SMARTS) is 2. The molecule has 0 aliphatic heterocycles. The summed E-state index contributed by atoms with van der Waals surface area (Å²) in [5, 5.41) is 20.8. The Morgan fingerprint density at radius 1 is 0.543 bits per heavy atom. The van der Waals surface area contributed by atoms with E-state index >= 15 is 0 Å². The van der Waals surface area contributed by atoms with Crippen molar-refractivity contribution < 1.29 is 24.6 Å². The molecule has 0 aromatic rings. The first-order chi connectivity index (χ1) is 16.8. The lowest BCUT2D eigenvalue weighted by Gasteiger charge is -2.30. The van der Waals surface area contributed by atoms with Gasteiger partial charge in [0.25, 0.3) is 0 Å². The number of carbonyl (C=O) groups is 3. The van der Waals surface area contributed by atoms with Crippen LogP contribution in [0.15, 0.2) is 0 Å². The number of hydrogen-bond acceptors (Lipinski definition) is 3. The van der Waals surface area contributed by atoms with E-state index in [1.807, 2.05) is 0 Å². The first kappa shape index (κ1) is 33.4. The molecule has 0 fully saturated rings. The number of rotatable bonds is 26. The molecule has 35 heavy (non-hydrogen) atoms. The second-order valence-electron chi connectivity index (χ2n) is 10.7. The van der Waals surface area contributed by atoms with Crippen LogP contribution in [-0.2, 0) is 14.4 Å². The van der Waals surface area contributed by atoms with Crippen LogP contribution in [0.3, 0.4) is 0 Å². The molecule has 0 aliphatic carbocycles. The summed E-state index contributed by atoms with van der Waals surface area (Å²) in [6, 6.07) is 0. The maximum absolute atomic E-state index is 12.3. The molecule has 0 unspecified atom stereocenters. The third kappa shape index (κ3) is 23.9. The molecular weight excluding hydrogens is 442 g/mol. The van der Waals surface area contributed by atoms with Gasteiger partial charge in [-0.2, -0.15) is 0 Å². The molecule has 206 valence electrons. The lowest BCUT2D eigenvalue weighted by molar-refractivity contribution is -0.138. The summed E-state index contributed by atoms with van der Waals surface area (Å²) in [6.45, 7) is 4.01. The van der Waals surface area contributed by atoms with Crippen LogP contribution in [0.2, 0.25) is 0 Å². The molecule has 0 bridgehead atoms. The van der Waals surface area contributed by atoms with E-state index in [1.165, 1.54) is 96.3 Å². The minimum absolute atomic E-state index is 0.0877. The van der Waals surface area contributed by atoms with Crippen molar-refractivity contribution in [1.82, 2.24) is 5.32 Å². The highest BCUT2D eigenvalue weighted by molar-refractivity contribution is 5.77. The van der Waals surface area contributed by atoms with Gasteiger partial charge in [-0.05, 0) is 26.2 Å². The van der Waals surface area contributed by atoms with Gasteiger partial charge in [-0.15, -0.1) is 0 Å². The first-order valence-electron chi connectivity index (χ1n) is 14.5. The predicted molar refractivity (Wildman–Crippen MR) is 144 cm³/mol. The quantitative estimate of drug-likeness (QED) is 0.105. The fraction of sp³-hybridized carbons (Fsp3) is 0.897. The van der Waals surface area contributed by atoms with E-state index in [4.69, 9.17) is 10.2 Å². The fourth-order valence-electron chi connectivity index (χ4n) is 4.60. The molecule has 0 saturated carbocycles. The second-order valence-corrected chi connectivity index (χ2v) is 10.7. The molecule has 0 aromatic heterocycles. The SMILES string of the molecule is CCCCCCCCCCCCCCCCCCCCC(=O)NC(C)(CCC(=O)O)CCC(=O)O. The number of unbranched alkanes of at least 4 members (excludes halogenated alkanes) is 17. The van der Waals surface area contributed by atoms with Crippen LogP contribution in [0.5, 0.6) is 0 Å². The standard InChI is InChI=1S/C29H55NO5/c1-3-4-5-6-7-8-9-10-11-12-13-14-15-16-17-18-19-20-21-26(31)30-29(2,24-22-27(32)33)25-23-28(34)35/h3-25H2,1-2H3,(H,30,31)(H,32,33)(H,34,35). The number of nitrogens with one attached hydrogen (secondary N) is 1. The highest BCUT2D eigenvalue weighted by atomic mass is 16.4. The van der Waals surface area contributed by atoms with Crippen molar-refractivity contribution in [2.75, 3.05) is 0 Å². The van der Waals surface area contributed by atoms with Crippen LogP contribution in [-0.4, -0.2) is 33.6 Å². The second kappa shape index (κ2) is 22.8. The van der Waals surface area contributed by atoms with E-state index in [2.05, 4.69) is 12.2 Å². The average Bonchev–Trinajstić information content (AvgIpc) is 2.81. The third-order valence-electron chi connectivity index (χ3n) is 6.98. The van der Waals surface area contributed by atoms with Gasteiger partial charge in [-0.3, -0.25) is 14.4 Å². The fourth-order valence-corrected chi connectivity index (χ4v) is 4.60. The molecule has 6 heteroatoms. The molecule has 0 spiro atoms. The zero-order valence-corrected chi connectivity index (χ0v) is 22.9. The molecule has 0 aromatic carbocycles. The van der Waals surface area contributed by atoms with Gasteiger partial charge in [-0.25, -0.2) is 0 Å². The zero-order valence-electron chi connectivity index (χ0n) is 22.9. The van der Waals surface area contributed by atoms with Crippen LogP contribution >= 0.6 is 0 Å². The van der Waals surface area contributed by atoms with Crippen LogP contribution in [0.25, 0.3) is 0 Å². The number of hydrogen-bond donors (Lipinski definition) is 3. The van der Waals surface area contributed by atoms with Gasteiger partial charge in [-0.1, -0.05) is 116 Å². The summed E-state index contributed by atoms with van der Waals surface area (Å²) in [7, 11) is 0. The number of amides is 1. The topological polar surface area (TPSA) is 104 Å². The van der Waals surface area contributed by atoms with Crippen LogP contribution < -0.4 is 5.32 Å². The number of carbonyl (C=O) groups excluding carboxylic acids is 1. The monoisotopic (exact) mass is 497 g/mol. The molecule has 0 rings (SSSR count). The molecule has 0 atom stereocenters. The van der Waals surface area contributed by atoms with Gasteiger partial charge >= 0.3 is 11.9 Å².